The Morgan fingerprint density at radius 2 is 2.20 bits per heavy atom. The Morgan fingerprint density at radius 1 is 1.45 bits per heavy atom. The Hall–Kier alpha value is -2.01. The minimum atomic E-state index is -0.732. The van der Waals surface area contributed by atoms with Crippen molar-refractivity contribution in [1.29, 1.82) is 5.26 Å². The highest BCUT2D eigenvalue weighted by Crippen LogP contribution is 2.17. The molecule has 0 saturated carbocycles. The quantitative estimate of drug-likeness (QED) is 0.813. The fraction of sp³-hybridized carbons (Fsp3) is 0.0714. The Morgan fingerprint density at radius 3 is 2.80 bits per heavy atom. The molecule has 2 aromatic rings. The molecule has 2 rings (SSSR count). The van der Waals surface area contributed by atoms with Crippen LogP contribution in [-0.4, -0.2) is 10.9 Å². The number of carbonyl (C=O) groups is 1. The standard InChI is InChI=1S/C14H9FIN3O/c1-8-4-10(16)7-18-13(8)19-14(20)11-3-2-9(6-17)5-12(11)15/h2-5,7H,1H3,(H,18,19,20). The first kappa shape index (κ1) is 14.4. The molecule has 0 radical (unpaired) electrons. The van der Waals surface area contributed by atoms with Gasteiger partial charge in [0.2, 0.25) is 0 Å². The highest BCUT2D eigenvalue weighted by atomic mass is 127. The molecular weight excluding hydrogens is 372 g/mol. The highest BCUT2D eigenvalue weighted by molar-refractivity contribution is 14.1. The van der Waals surface area contributed by atoms with Gasteiger partial charge in [0.1, 0.15) is 11.6 Å². The van der Waals surface area contributed by atoms with Crippen molar-refractivity contribution in [3.63, 3.8) is 0 Å². The lowest BCUT2D eigenvalue weighted by Crippen LogP contribution is -2.15. The van der Waals surface area contributed by atoms with Gasteiger partial charge >= 0.3 is 0 Å². The zero-order valence-corrected chi connectivity index (χ0v) is 12.6. The summed E-state index contributed by atoms with van der Waals surface area (Å²) >= 11 is 2.11. The third-order valence-corrected chi connectivity index (χ3v) is 3.21. The topological polar surface area (TPSA) is 65.8 Å². The van der Waals surface area contributed by atoms with Gasteiger partial charge in [-0.1, -0.05) is 0 Å². The Labute approximate surface area is 128 Å². The number of halogens is 2. The van der Waals surface area contributed by atoms with E-state index in [0.29, 0.717) is 5.82 Å². The second-order valence-corrected chi connectivity index (χ2v) is 5.33. The third kappa shape index (κ3) is 3.11. The van der Waals surface area contributed by atoms with E-state index in [4.69, 9.17) is 5.26 Å². The first-order valence-corrected chi connectivity index (χ1v) is 6.72. The molecule has 1 aromatic carbocycles. The first-order valence-electron chi connectivity index (χ1n) is 5.64. The van der Waals surface area contributed by atoms with Crippen molar-refractivity contribution in [2.45, 2.75) is 6.92 Å². The number of nitrogens with zero attached hydrogens (tertiary/aromatic N) is 2. The largest absolute Gasteiger partial charge is 0.306 e. The van der Waals surface area contributed by atoms with Gasteiger partial charge in [0.25, 0.3) is 5.91 Å². The maximum absolute atomic E-state index is 13.7. The molecule has 1 aromatic heterocycles. The van der Waals surface area contributed by atoms with Crippen LogP contribution in [0, 0.1) is 27.6 Å². The summed E-state index contributed by atoms with van der Waals surface area (Å²) in [6.07, 6.45) is 1.61. The summed E-state index contributed by atoms with van der Waals surface area (Å²) in [5.41, 5.74) is 0.839. The van der Waals surface area contributed by atoms with Gasteiger partial charge in [-0.15, -0.1) is 0 Å². The molecule has 0 spiro atoms. The molecule has 0 fully saturated rings. The molecule has 6 heteroatoms. The molecule has 4 nitrogen and oxygen atoms in total. The summed E-state index contributed by atoms with van der Waals surface area (Å²) in [5.74, 6) is -0.937. The lowest BCUT2D eigenvalue weighted by atomic mass is 10.1. The lowest BCUT2D eigenvalue weighted by molar-refractivity contribution is 0.102. The Bertz CT molecular complexity index is 725. The minimum Gasteiger partial charge on any atom is -0.306 e. The fourth-order valence-electron chi connectivity index (χ4n) is 1.62. The van der Waals surface area contributed by atoms with Crippen molar-refractivity contribution >= 4 is 34.3 Å². The number of amides is 1. The monoisotopic (exact) mass is 381 g/mol. The van der Waals surface area contributed by atoms with Crippen LogP contribution in [0.5, 0.6) is 0 Å². The Balaban J connectivity index is 2.26. The van der Waals surface area contributed by atoms with Crippen LogP contribution >= 0.6 is 22.6 Å². The number of aromatic nitrogens is 1. The average molecular weight is 381 g/mol. The van der Waals surface area contributed by atoms with Gasteiger partial charge < -0.3 is 5.32 Å². The predicted molar refractivity (Wildman–Crippen MR) is 80.8 cm³/mol. The molecule has 0 aliphatic rings. The summed E-state index contributed by atoms with van der Waals surface area (Å²) in [6.45, 7) is 1.81. The molecule has 0 saturated heterocycles. The van der Waals surface area contributed by atoms with Gasteiger partial charge in [-0.05, 0) is 59.3 Å². The number of rotatable bonds is 2. The van der Waals surface area contributed by atoms with E-state index in [-0.39, 0.29) is 11.1 Å². The number of benzene rings is 1. The molecule has 1 amide bonds. The van der Waals surface area contributed by atoms with Gasteiger partial charge in [0.05, 0.1) is 17.2 Å². The number of carbonyl (C=O) groups excluding carboxylic acids is 1. The van der Waals surface area contributed by atoms with Crippen molar-refractivity contribution in [2.75, 3.05) is 5.32 Å². The van der Waals surface area contributed by atoms with Crippen LogP contribution in [0.25, 0.3) is 0 Å². The molecule has 20 heavy (non-hydrogen) atoms. The number of nitrogens with one attached hydrogen (secondary N) is 1. The lowest BCUT2D eigenvalue weighted by Gasteiger charge is -2.08. The number of aryl methyl sites for hydroxylation is 1. The summed E-state index contributed by atoms with van der Waals surface area (Å²) in [7, 11) is 0. The van der Waals surface area contributed by atoms with E-state index in [0.717, 1.165) is 15.2 Å². The number of hydrogen-bond donors (Lipinski definition) is 1. The van der Waals surface area contributed by atoms with E-state index < -0.39 is 11.7 Å². The van der Waals surface area contributed by atoms with Crippen LogP contribution in [-0.2, 0) is 0 Å². The van der Waals surface area contributed by atoms with Crippen molar-refractivity contribution in [3.05, 3.63) is 56.5 Å². The summed E-state index contributed by atoms with van der Waals surface area (Å²) < 4.78 is 14.7. The summed E-state index contributed by atoms with van der Waals surface area (Å²) in [5, 5.41) is 11.2. The van der Waals surface area contributed by atoms with Gasteiger partial charge in [0.15, 0.2) is 0 Å². The predicted octanol–water partition coefficient (Wildman–Crippen LogP) is 3.26. The van der Waals surface area contributed by atoms with E-state index in [1.807, 2.05) is 12.1 Å². The van der Waals surface area contributed by atoms with E-state index in [9.17, 15) is 9.18 Å². The number of anilines is 1. The van der Waals surface area contributed by atoms with Crippen molar-refractivity contribution in [3.8, 4) is 6.07 Å². The molecule has 0 aliphatic heterocycles. The zero-order chi connectivity index (χ0) is 14.7. The van der Waals surface area contributed by atoms with Gasteiger partial charge in [-0.3, -0.25) is 4.79 Å². The number of pyridine rings is 1. The average Bonchev–Trinajstić information content (AvgIpc) is 2.41. The second-order valence-electron chi connectivity index (χ2n) is 4.08. The van der Waals surface area contributed by atoms with E-state index in [2.05, 4.69) is 32.9 Å². The van der Waals surface area contributed by atoms with Crippen LogP contribution in [0.1, 0.15) is 21.5 Å². The molecular formula is C14H9FIN3O. The van der Waals surface area contributed by atoms with E-state index in [1.165, 1.54) is 12.1 Å². The molecule has 0 bridgehead atoms. The zero-order valence-electron chi connectivity index (χ0n) is 10.4. The fourth-order valence-corrected chi connectivity index (χ4v) is 2.22. The van der Waals surface area contributed by atoms with Crippen LogP contribution in [0.3, 0.4) is 0 Å². The van der Waals surface area contributed by atoms with E-state index in [1.54, 1.807) is 13.1 Å². The van der Waals surface area contributed by atoms with Crippen LogP contribution < -0.4 is 5.32 Å². The summed E-state index contributed by atoms with van der Waals surface area (Å²) in [6, 6.07) is 7.38. The molecule has 0 aliphatic carbocycles. The maximum Gasteiger partial charge on any atom is 0.259 e. The third-order valence-electron chi connectivity index (χ3n) is 2.62. The maximum atomic E-state index is 13.7. The van der Waals surface area contributed by atoms with Gasteiger partial charge in [0, 0.05) is 9.77 Å². The minimum absolute atomic E-state index is 0.122. The first-order chi connectivity index (χ1) is 9.51. The second kappa shape index (κ2) is 5.96. The molecule has 1 N–H and O–H groups in total. The molecule has 1 heterocycles. The normalized spacial score (nSPS) is 9.90. The van der Waals surface area contributed by atoms with E-state index >= 15 is 0 Å². The van der Waals surface area contributed by atoms with Crippen molar-refractivity contribution in [2.24, 2.45) is 0 Å². The van der Waals surface area contributed by atoms with Crippen molar-refractivity contribution < 1.29 is 9.18 Å². The molecule has 0 unspecified atom stereocenters. The van der Waals surface area contributed by atoms with Crippen LogP contribution in [0.2, 0.25) is 0 Å². The van der Waals surface area contributed by atoms with Gasteiger partial charge in [-0.25, -0.2) is 9.37 Å². The number of hydrogen-bond acceptors (Lipinski definition) is 3. The van der Waals surface area contributed by atoms with Crippen molar-refractivity contribution in [1.82, 2.24) is 4.98 Å². The van der Waals surface area contributed by atoms with Crippen LogP contribution in [0.4, 0.5) is 10.2 Å². The Kier molecular flexibility index (Phi) is 4.29. The SMILES string of the molecule is Cc1cc(I)cnc1NC(=O)c1ccc(C#N)cc1F. The van der Waals surface area contributed by atoms with Crippen LogP contribution in [0.15, 0.2) is 30.5 Å². The summed E-state index contributed by atoms with van der Waals surface area (Å²) in [4.78, 5) is 16.1. The highest BCUT2D eigenvalue weighted by Gasteiger charge is 2.14. The van der Waals surface area contributed by atoms with Gasteiger partial charge in [-0.2, -0.15) is 5.26 Å². The number of nitriles is 1. The smallest absolute Gasteiger partial charge is 0.259 e. The molecule has 0 atom stereocenters. The molecule has 100 valence electrons.